The highest BCUT2D eigenvalue weighted by molar-refractivity contribution is 6.30. The second kappa shape index (κ2) is 9.53. The van der Waals surface area contributed by atoms with E-state index in [1.54, 1.807) is 48.7 Å². The SMILES string of the molecule is O=C(/C=C/c1ccco1)Nc1ccccc1N1CCN(C(=O)c2ccc(Cl)cc2)CC1. The van der Waals surface area contributed by atoms with Gasteiger partial charge in [0.2, 0.25) is 5.91 Å². The number of carbonyl (C=O) groups is 2. The van der Waals surface area contributed by atoms with E-state index in [4.69, 9.17) is 16.0 Å². The van der Waals surface area contributed by atoms with E-state index in [1.165, 1.54) is 6.08 Å². The fraction of sp³-hybridized carbons (Fsp3) is 0.167. The summed E-state index contributed by atoms with van der Waals surface area (Å²) in [7, 11) is 0. The second-order valence-electron chi connectivity index (χ2n) is 7.14. The summed E-state index contributed by atoms with van der Waals surface area (Å²) in [6.07, 6.45) is 4.63. The van der Waals surface area contributed by atoms with Crippen LogP contribution >= 0.6 is 11.6 Å². The van der Waals surface area contributed by atoms with Gasteiger partial charge in [0.15, 0.2) is 0 Å². The van der Waals surface area contributed by atoms with Gasteiger partial charge in [0.05, 0.1) is 17.6 Å². The van der Waals surface area contributed by atoms with Gasteiger partial charge in [0, 0.05) is 42.8 Å². The monoisotopic (exact) mass is 435 g/mol. The Labute approximate surface area is 185 Å². The lowest BCUT2D eigenvalue weighted by atomic mass is 10.1. The summed E-state index contributed by atoms with van der Waals surface area (Å²) in [4.78, 5) is 29.1. The Morgan fingerprint density at radius 1 is 0.935 bits per heavy atom. The van der Waals surface area contributed by atoms with E-state index in [0.29, 0.717) is 42.5 Å². The highest BCUT2D eigenvalue weighted by atomic mass is 35.5. The van der Waals surface area contributed by atoms with E-state index in [2.05, 4.69) is 10.2 Å². The van der Waals surface area contributed by atoms with Crippen molar-refractivity contribution >= 4 is 40.9 Å². The standard InChI is InChI=1S/C24H22ClN3O3/c25-19-9-7-18(8-10-19)24(30)28-15-13-27(14-16-28)22-6-2-1-5-21(22)26-23(29)12-11-20-4-3-17-31-20/h1-12,17H,13-16H2,(H,26,29)/b12-11+. The molecule has 0 radical (unpaired) electrons. The number of amides is 2. The van der Waals surface area contributed by atoms with E-state index < -0.39 is 0 Å². The van der Waals surface area contributed by atoms with E-state index in [1.807, 2.05) is 29.2 Å². The van der Waals surface area contributed by atoms with Crippen molar-refractivity contribution < 1.29 is 14.0 Å². The van der Waals surface area contributed by atoms with Crippen LogP contribution in [0, 0.1) is 0 Å². The summed E-state index contributed by atoms with van der Waals surface area (Å²) >= 11 is 5.92. The third-order valence-corrected chi connectivity index (χ3v) is 5.35. The number of carbonyl (C=O) groups excluding carboxylic acids is 2. The molecule has 7 heteroatoms. The van der Waals surface area contributed by atoms with Crippen LogP contribution in [-0.2, 0) is 4.79 Å². The van der Waals surface area contributed by atoms with E-state index in [9.17, 15) is 9.59 Å². The van der Waals surface area contributed by atoms with Gasteiger partial charge in [-0.3, -0.25) is 9.59 Å². The summed E-state index contributed by atoms with van der Waals surface area (Å²) in [6, 6.07) is 18.2. The van der Waals surface area contributed by atoms with Gasteiger partial charge in [-0.1, -0.05) is 23.7 Å². The molecule has 3 aromatic rings. The minimum absolute atomic E-state index is 0.000896. The first-order valence-electron chi connectivity index (χ1n) is 10.0. The maximum atomic E-state index is 12.7. The number of benzene rings is 2. The molecule has 2 aromatic carbocycles. The Morgan fingerprint density at radius 3 is 2.39 bits per heavy atom. The first-order valence-corrected chi connectivity index (χ1v) is 10.4. The van der Waals surface area contributed by atoms with Crippen LogP contribution in [0.2, 0.25) is 5.02 Å². The number of para-hydroxylation sites is 2. The summed E-state index contributed by atoms with van der Waals surface area (Å²) in [6.45, 7) is 2.55. The number of hydrogen-bond donors (Lipinski definition) is 1. The smallest absolute Gasteiger partial charge is 0.253 e. The molecule has 1 aliphatic rings. The van der Waals surface area contributed by atoms with Crippen LogP contribution in [0.5, 0.6) is 0 Å². The number of anilines is 2. The quantitative estimate of drug-likeness (QED) is 0.597. The molecule has 1 saturated heterocycles. The molecule has 0 aliphatic carbocycles. The van der Waals surface area contributed by atoms with Crippen molar-refractivity contribution in [3.8, 4) is 0 Å². The third kappa shape index (κ3) is 5.16. The highest BCUT2D eigenvalue weighted by Crippen LogP contribution is 2.27. The molecular formula is C24H22ClN3O3. The van der Waals surface area contributed by atoms with Crippen molar-refractivity contribution in [2.45, 2.75) is 0 Å². The topological polar surface area (TPSA) is 65.8 Å². The van der Waals surface area contributed by atoms with Gasteiger partial charge in [-0.15, -0.1) is 0 Å². The predicted molar refractivity (Wildman–Crippen MR) is 122 cm³/mol. The molecule has 2 heterocycles. The number of halogens is 1. The number of hydrogen-bond acceptors (Lipinski definition) is 4. The molecule has 1 aliphatic heterocycles. The average molecular weight is 436 g/mol. The van der Waals surface area contributed by atoms with Gasteiger partial charge in [0.1, 0.15) is 5.76 Å². The maximum absolute atomic E-state index is 12.7. The molecule has 1 fully saturated rings. The van der Waals surface area contributed by atoms with Crippen molar-refractivity contribution in [1.29, 1.82) is 0 Å². The fourth-order valence-corrected chi connectivity index (χ4v) is 3.62. The zero-order valence-corrected chi connectivity index (χ0v) is 17.6. The Bertz CT molecular complexity index is 1070. The number of piperazine rings is 1. The third-order valence-electron chi connectivity index (χ3n) is 5.10. The Balaban J connectivity index is 1.39. The zero-order valence-electron chi connectivity index (χ0n) is 16.8. The van der Waals surface area contributed by atoms with Gasteiger partial charge in [0.25, 0.3) is 5.91 Å². The van der Waals surface area contributed by atoms with Crippen molar-refractivity contribution in [2.75, 3.05) is 36.4 Å². The number of nitrogens with zero attached hydrogens (tertiary/aromatic N) is 2. The lowest BCUT2D eigenvalue weighted by molar-refractivity contribution is -0.111. The minimum Gasteiger partial charge on any atom is -0.465 e. The molecule has 0 spiro atoms. The molecule has 1 aromatic heterocycles. The van der Waals surface area contributed by atoms with Crippen LogP contribution in [0.3, 0.4) is 0 Å². The van der Waals surface area contributed by atoms with Gasteiger partial charge in [-0.05, 0) is 54.6 Å². The Kier molecular flexibility index (Phi) is 6.38. The van der Waals surface area contributed by atoms with Crippen LogP contribution in [0.15, 0.2) is 77.4 Å². The Morgan fingerprint density at radius 2 is 1.68 bits per heavy atom. The van der Waals surface area contributed by atoms with E-state index in [0.717, 1.165) is 11.4 Å². The molecule has 4 rings (SSSR count). The van der Waals surface area contributed by atoms with Crippen LogP contribution in [0.4, 0.5) is 11.4 Å². The summed E-state index contributed by atoms with van der Waals surface area (Å²) in [5.41, 5.74) is 2.30. The molecule has 158 valence electrons. The van der Waals surface area contributed by atoms with Gasteiger partial charge in [-0.25, -0.2) is 0 Å². The minimum atomic E-state index is -0.236. The summed E-state index contributed by atoms with van der Waals surface area (Å²) in [5.74, 6) is 0.381. The Hall–Kier alpha value is -3.51. The number of rotatable bonds is 5. The van der Waals surface area contributed by atoms with Gasteiger partial charge in [-0.2, -0.15) is 0 Å². The first-order chi connectivity index (χ1) is 15.1. The van der Waals surface area contributed by atoms with Crippen LogP contribution < -0.4 is 10.2 Å². The zero-order chi connectivity index (χ0) is 21.6. The van der Waals surface area contributed by atoms with Crippen molar-refractivity contribution in [3.63, 3.8) is 0 Å². The maximum Gasteiger partial charge on any atom is 0.253 e. The lowest BCUT2D eigenvalue weighted by Gasteiger charge is -2.37. The van der Waals surface area contributed by atoms with Crippen LogP contribution in [0.25, 0.3) is 6.08 Å². The molecule has 31 heavy (non-hydrogen) atoms. The van der Waals surface area contributed by atoms with Gasteiger partial charge < -0.3 is 19.5 Å². The number of furan rings is 1. The van der Waals surface area contributed by atoms with E-state index in [-0.39, 0.29) is 11.8 Å². The van der Waals surface area contributed by atoms with Crippen molar-refractivity contribution in [3.05, 3.63) is 89.3 Å². The summed E-state index contributed by atoms with van der Waals surface area (Å²) < 4.78 is 5.21. The molecule has 2 amide bonds. The van der Waals surface area contributed by atoms with Crippen LogP contribution in [-0.4, -0.2) is 42.9 Å². The lowest BCUT2D eigenvalue weighted by Crippen LogP contribution is -2.49. The molecule has 0 bridgehead atoms. The van der Waals surface area contributed by atoms with Gasteiger partial charge >= 0.3 is 0 Å². The molecular weight excluding hydrogens is 414 g/mol. The molecule has 6 nitrogen and oxygen atoms in total. The fourth-order valence-electron chi connectivity index (χ4n) is 3.50. The van der Waals surface area contributed by atoms with Crippen LogP contribution in [0.1, 0.15) is 16.1 Å². The molecule has 0 unspecified atom stereocenters. The normalized spacial score (nSPS) is 14.1. The highest BCUT2D eigenvalue weighted by Gasteiger charge is 2.23. The van der Waals surface area contributed by atoms with Crippen molar-refractivity contribution in [1.82, 2.24) is 4.90 Å². The molecule has 0 atom stereocenters. The van der Waals surface area contributed by atoms with Crippen molar-refractivity contribution in [2.24, 2.45) is 0 Å². The number of nitrogens with one attached hydrogen (secondary N) is 1. The second-order valence-corrected chi connectivity index (χ2v) is 7.58. The largest absolute Gasteiger partial charge is 0.465 e. The summed E-state index contributed by atoms with van der Waals surface area (Å²) in [5, 5.41) is 3.54. The van der Waals surface area contributed by atoms with E-state index >= 15 is 0 Å². The first kappa shape index (κ1) is 20.8. The molecule has 1 N–H and O–H groups in total. The average Bonchev–Trinajstić information content (AvgIpc) is 3.32. The predicted octanol–water partition coefficient (Wildman–Crippen LogP) is 4.55. The molecule has 0 saturated carbocycles.